The molecule has 2 aromatic carbocycles. The van der Waals surface area contributed by atoms with Crippen LogP contribution < -0.4 is 15.7 Å². The van der Waals surface area contributed by atoms with Crippen molar-refractivity contribution in [2.24, 2.45) is 0 Å². The van der Waals surface area contributed by atoms with Crippen LogP contribution in [-0.2, 0) is 23.1 Å². The third-order valence-corrected chi connectivity index (χ3v) is 6.79. The summed E-state index contributed by atoms with van der Waals surface area (Å²) in [5.41, 5.74) is 2.11. The molecule has 0 spiro atoms. The number of nitrogens with zero attached hydrogens (tertiary/aromatic N) is 3. The summed E-state index contributed by atoms with van der Waals surface area (Å²) in [7, 11) is -3.79. The van der Waals surface area contributed by atoms with E-state index in [0.29, 0.717) is 30.7 Å². The second-order valence-electron chi connectivity index (χ2n) is 7.83. The van der Waals surface area contributed by atoms with Crippen molar-refractivity contribution in [1.29, 1.82) is 0 Å². The Hall–Kier alpha value is -3.76. The lowest BCUT2D eigenvalue weighted by Crippen LogP contribution is -2.28. The molecule has 1 amide bonds. The maximum Gasteiger partial charge on any atom is 0.350 e. The molecule has 0 radical (unpaired) electrons. The number of amides is 1. The van der Waals surface area contributed by atoms with E-state index >= 15 is 0 Å². The Labute approximate surface area is 197 Å². The summed E-state index contributed by atoms with van der Waals surface area (Å²) in [4.78, 5) is 25.1. The number of aromatic nitrogens is 3. The number of rotatable bonds is 9. The zero-order chi connectivity index (χ0) is 24.1. The van der Waals surface area contributed by atoms with Crippen molar-refractivity contribution < 1.29 is 13.2 Å². The summed E-state index contributed by atoms with van der Waals surface area (Å²) in [6, 6.07) is 19.0. The van der Waals surface area contributed by atoms with Crippen LogP contribution in [-0.4, -0.2) is 35.1 Å². The third kappa shape index (κ3) is 5.24. The molecule has 2 N–H and O–H groups in total. The van der Waals surface area contributed by atoms with E-state index in [1.165, 1.54) is 21.2 Å². The Balaban J connectivity index is 1.37. The highest BCUT2D eigenvalue weighted by Gasteiger charge is 2.18. The lowest BCUT2D eigenvalue weighted by atomic mass is 10.1. The first-order valence-corrected chi connectivity index (χ1v) is 12.3. The standard InChI is InChI=1S/C24H25N5O4S/c1-18-11-12-20(34(32,33)26-17-19-8-3-2-4-9-19)16-21(18)23(30)25-13-7-15-29-24(31)28-14-6-5-10-22(28)27-29/h2-6,8-12,14,16,26H,7,13,15,17H2,1H3,(H,25,30). The first-order valence-electron chi connectivity index (χ1n) is 10.8. The molecule has 0 aliphatic heterocycles. The summed E-state index contributed by atoms with van der Waals surface area (Å²) >= 11 is 0. The number of fused-ring (bicyclic) bond motifs is 1. The largest absolute Gasteiger partial charge is 0.352 e. The molecule has 0 saturated carbocycles. The summed E-state index contributed by atoms with van der Waals surface area (Å²) < 4.78 is 30.8. The number of hydrogen-bond donors (Lipinski definition) is 2. The molecule has 10 heteroatoms. The summed E-state index contributed by atoms with van der Waals surface area (Å²) in [5, 5.41) is 7.06. The molecule has 0 fully saturated rings. The van der Waals surface area contributed by atoms with Crippen molar-refractivity contribution in [3.63, 3.8) is 0 Å². The minimum atomic E-state index is -3.79. The minimum absolute atomic E-state index is 0.0235. The molecule has 34 heavy (non-hydrogen) atoms. The molecular weight excluding hydrogens is 454 g/mol. The van der Waals surface area contributed by atoms with E-state index in [-0.39, 0.29) is 28.6 Å². The van der Waals surface area contributed by atoms with E-state index in [1.807, 2.05) is 30.3 Å². The maximum absolute atomic E-state index is 12.7. The van der Waals surface area contributed by atoms with Gasteiger partial charge in [0.15, 0.2) is 5.65 Å². The number of carbonyl (C=O) groups excluding carboxylic acids is 1. The third-order valence-electron chi connectivity index (χ3n) is 5.39. The Morgan fingerprint density at radius 3 is 2.56 bits per heavy atom. The highest BCUT2D eigenvalue weighted by atomic mass is 32.2. The van der Waals surface area contributed by atoms with E-state index in [1.54, 1.807) is 37.4 Å². The van der Waals surface area contributed by atoms with E-state index < -0.39 is 10.0 Å². The summed E-state index contributed by atoms with van der Waals surface area (Å²) in [5.74, 6) is -0.375. The van der Waals surface area contributed by atoms with Gasteiger partial charge in [0, 0.05) is 31.4 Å². The smallest absolute Gasteiger partial charge is 0.350 e. The van der Waals surface area contributed by atoms with E-state index in [2.05, 4.69) is 15.1 Å². The van der Waals surface area contributed by atoms with E-state index in [9.17, 15) is 18.0 Å². The highest BCUT2D eigenvalue weighted by molar-refractivity contribution is 7.89. The first-order chi connectivity index (χ1) is 16.3. The van der Waals surface area contributed by atoms with Gasteiger partial charge in [-0.25, -0.2) is 22.6 Å². The van der Waals surface area contributed by atoms with Gasteiger partial charge in [-0.05, 0) is 48.7 Å². The fourth-order valence-electron chi connectivity index (χ4n) is 3.51. The molecule has 0 saturated heterocycles. The molecule has 2 heterocycles. The van der Waals surface area contributed by atoms with E-state index in [4.69, 9.17) is 0 Å². The van der Waals surface area contributed by atoms with Crippen molar-refractivity contribution >= 4 is 21.6 Å². The number of benzene rings is 2. The average molecular weight is 480 g/mol. The van der Waals surface area contributed by atoms with Gasteiger partial charge in [0.25, 0.3) is 5.91 Å². The average Bonchev–Trinajstić information content (AvgIpc) is 3.17. The van der Waals surface area contributed by atoms with Crippen LogP contribution in [0.15, 0.2) is 82.6 Å². The minimum Gasteiger partial charge on any atom is -0.352 e. The summed E-state index contributed by atoms with van der Waals surface area (Å²) in [6.07, 6.45) is 2.15. The number of carbonyl (C=O) groups is 1. The number of pyridine rings is 1. The predicted molar refractivity (Wildman–Crippen MR) is 128 cm³/mol. The number of aryl methyl sites for hydroxylation is 2. The van der Waals surface area contributed by atoms with Crippen molar-refractivity contribution in [2.75, 3.05) is 6.54 Å². The van der Waals surface area contributed by atoms with Crippen molar-refractivity contribution in [2.45, 2.75) is 31.3 Å². The van der Waals surface area contributed by atoms with Crippen LogP contribution >= 0.6 is 0 Å². The molecule has 4 aromatic rings. The monoisotopic (exact) mass is 479 g/mol. The second-order valence-corrected chi connectivity index (χ2v) is 9.60. The van der Waals surface area contributed by atoms with Gasteiger partial charge in [0.05, 0.1) is 4.90 Å². The first kappa shape index (κ1) is 23.4. The molecule has 0 aliphatic carbocycles. The molecule has 2 aromatic heterocycles. The van der Waals surface area contributed by atoms with Gasteiger partial charge in [-0.3, -0.25) is 9.20 Å². The van der Waals surface area contributed by atoms with Crippen LogP contribution in [0.1, 0.15) is 27.9 Å². The topological polar surface area (TPSA) is 115 Å². The fourth-order valence-corrected chi connectivity index (χ4v) is 4.55. The van der Waals surface area contributed by atoms with Gasteiger partial charge in [-0.1, -0.05) is 42.5 Å². The Kier molecular flexibility index (Phi) is 6.90. The van der Waals surface area contributed by atoms with Gasteiger partial charge >= 0.3 is 5.69 Å². The zero-order valence-electron chi connectivity index (χ0n) is 18.6. The molecular formula is C24H25N5O4S. The molecule has 0 unspecified atom stereocenters. The van der Waals surface area contributed by atoms with Crippen LogP contribution in [0.2, 0.25) is 0 Å². The number of sulfonamides is 1. The van der Waals surface area contributed by atoms with Gasteiger partial charge < -0.3 is 5.32 Å². The van der Waals surface area contributed by atoms with Crippen LogP contribution in [0.3, 0.4) is 0 Å². The summed E-state index contributed by atoms with van der Waals surface area (Å²) in [6.45, 7) is 2.55. The molecule has 9 nitrogen and oxygen atoms in total. The van der Waals surface area contributed by atoms with Gasteiger partial charge in [-0.2, -0.15) is 0 Å². The van der Waals surface area contributed by atoms with Gasteiger partial charge in [0.1, 0.15) is 0 Å². The van der Waals surface area contributed by atoms with Gasteiger partial charge in [0.2, 0.25) is 10.0 Å². The van der Waals surface area contributed by atoms with E-state index in [0.717, 1.165) is 5.56 Å². The molecule has 176 valence electrons. The fraction of sp³-hybridized carbons (Fsp3) is 0.208. The SMILES string of the molecule is Cc1ccc(S(=O)(=O)NCc2ccccc2)cc1C(=O)NCCCn1nc2ccccn2c1=O. The predicted octanol–water partition coefficient (Wildman–Crippen LogP) is 2.10. The maximum atomic E-state index is 12.7. The Morgan fingerprint density at radius 2 is 1.79 bits per heavy atom. The normalized spacial score (nSPS) is 11.6. The molecule has 0 atom stereocenters. The number of nitrogens with one attached hydrogen (secondary N) is 2. The van der Waals surface area contributed by atoms with Crippen LogP contribution in [0.25, 0.3) is 5.65 Å². The van der Waals surface area contributed by atoms with Crippen LogP contribution in [0.4, 0.5) is 0 Å². The van der Waals surface area contributed by atoms with Crippen LogP contribution in [0.5, 0.6) is 0 Å². The molecule has 0 aliphatic rings. The lowest BCUT2D eigenvalue weighted by Gasteiger charge is -2.11. The highest BCUT2D eigenvalue weighted by Crippen LogP contribution is 2.16. The second kappa shape index (κ2) is 10.0. The van der Waals surface area contributed by atoms with Crippen molar-refractivity contribution in [3.8, 4) is 0 Å². The van der Waals surface area contributed by atoms with Crippen molar-refractivity contribution in [1.82, 2.24) is 24.2 Å². The zero-order valence-corrected chi connectivity index (χ0v) is 19.5. The van der Waals surface area contributed by atoms with Crippen LogP contribution in [0, 0.1) is 6.92 Å². The number of hydrogen-bond acceptors (Lipinski definition) is 5. The Bertz CT molecular complexity index is 1480. The van der Waals surface area contributed by atoms with Crippen molar-refractivity contribution in [3.05, 3.63) is 100 Å². The lowest BCUT2D eigenvalue weighted by molar-refractivity contribution is 0.0951. The molecule has 4 rings (SSSR count). The Morgan fingerprint density at radius 1 is 1.03 bits per heavy atom. The van der Waals surface area contributed by atoms with Gasteiger partial charge in [-0.15, -0.1) is 5.10 Å². The molecule has 0 bridgehead atoms. The quantitative estimate of drug-likeness (QED) is 0.357.